The van der Waals surface area contributed by atoms with Gasteiger partial charge in [0.25, 0.3) is 0 Å². The summed E-state index contributed by atoms with van der Waals surface area (Å²) in [4.78, 5) is 25.6. The van der Waals surface area contributed by atoms with Gasteiger partial charge in [-0.2, -0.15) is 5.26 Å². The van der Waals surface area contributed by atoms with Crippen LogP contribution >= 0.6 is 15.9 Å². The van der Waals surface area contributed by atoms with E-state index in [1.165, 1.54) is 6.42 Å². The Morgan fingerprint density at radius 2 is 2.04 bits per heavy atom. The molecule has 2 aliphatic rings. The van der Waals surface area contributed by atoms with Crippen LogP contribution in [-0.4, -0.2) is 52.8 Å². The highest BCUT2D eigenvalue weighted by Crippen LogP contribution is 2.29. The third-order valence-corrected chi connectivity index (χ3v) is 4.67. The van der Waals surface area contributed by atoms with Crippen molar-refractivity contribution in [3.63, 3.8) is 0 Å². The Kier molecular flexibility index (Phi) is 6.50. The first-order valence-electron chi connectivity index (χ1n) is 7.58. The zero-order chi connectivity index (χ0) is 18.4. The van der Waals surface area contributed by atoms with Crippen LogP contribution in [0.2, 0.25) is 0 Å². The van der Waals surface area contributed by atoms with Crippen molar-refractivity contribution in [3.8, 4) is 6.07 Å². The SMILES string of the molecule is N#Cc1cc(N2C[C@H]3CCN[C@H]3C2)cnc1Br.O=C(O)C=CC(=O)O. The van der Waals surface area contributed by atoms with Gasteiger partial charge in [0, 0.05) is 31.3 Å². The van der Waals surface area contributed by atoms with Crippen LogP contribution in [0.15, 0.2) is 29.0 Å². The zero-order valence-electron chi connectivity index (χ0n) is 13.2. The molecule has 0 bridgehead atoms. The van der Waals surface area contributed by atoms with Gasteiger partial charge in [0.15, 0.2) is 0 Å². The van der Waals surface area contributed by atoms with E-state index in [1.807, 2.05) is 12.3 Å². The molecule has 2 saturated heterocycles. The molecule has 0 saturated carbocycles. The van der Waals surface area contributed by atoms with Crippen molar-refractivity contribution >= 4 is 33.6 Å². The number of rotatable bonds is 3. The van der Waals surface area contributed by atoms with Crippen molar-refractivity contribution in [1.82, 2.24) is 10.3 Å². The highest BCUT2D eigenvalue weighted by atomic mass is 79.9. The second-order valence-electron chi connectivity index (χ2n) is 5.67. The summed E-state index contributed by atoms with van der Waals surface area (Å²) in [6.45, 7) is 3.25. The average Bonchev–Trinajstić information content (AvgIpc) is 3.15. The number of halogens is 1. The van der Waals surface area contributed by atoms with E-state index in [0.717, 1.165) is 31.2 Å². The highest BCUT2D eigenvalue weighted by Gasteiger charge is 2.36. The summed E-state index contributed by atoms with van der Waals surface area (Å²) in [5.74, 6) is -1.76. The normalized spacial score (nSPS) is 21.4. The fourth-order valence-corrected chi connectivity index (χ4v) is 3.20. The van der Waals surface area contributed by atoms with Crippen LogP contribution in [0.4, 0.5) is 5.69 Å². The second-order valence-corrected chi connectivity index (χ2v) is 6.42. The van der Waals surface area contributed by atoms with Crippen molar-refractivity contribution in [2.45, 2.75) is 12.5 Å². The zero-order valence-corrected chi connectivity index (χ0v) is 14.8. The van der Waals surface area contributed by atoms with Gasteiger partial charge in [-0.3, -0.25) is 0 Å². The van der Waals surface area contributed by atoms with Gasteiger partial charge in [-0.05, 0) is 40.9 Å². The number of aromatic nitrogens is 1. The van der Waals surface area contributed by atoms with E-state index in [2.05, 4.69) is 37.2 Å². The molecule has 3 rings (SSSR count). The fourth-order valence-electron chi connectivity index (χ4n) is 2.89. The van der Waals surface area contributed by atoms with E-state index in [-0.39, 0.29) is 0 Å². The highest BCUT2D eigenvalue weighted by molar-refractivity contribution is 9.10. The van der Waals surface area contributed by atoms with Gasteiger partial charge in [-0.1, -0.05) is 0 Å². The molecular formula is C16H17BrN4O4. The molecule has 0 spiro atoms. The number of nitrogens with one attached hydrogen (secondary N) is 1. The lowest BCUT2D eigenvalue weighted by Crippen LogP contribution is -2.30. The number of nitriles is 1. The Labute approximate surface area is 152 Å². The quantitative estimate of drug-likeness (QED) is 0.503. The molecule has 0 amide bonds. The molecule has 25 heavy (non-hydrogen) atoms. The number of hydrogen-bond donors (Lipinski definition) is 3. The van der Waals surface area contributed by atoms with Gasteiger partial charge in [0.05, 0.1) is 17.4 Å². The minimum atomic E-state index is -1.26. The van der Waals surface area contributed by atoms with Crippen LogP contribution in [-0.2, 0) is 9.59 Å². The van der Waals surface area contributed by atoms with Crippen LogP contribution in [0.25, 0.3) is 0 Å². The monoisotopic (exact) mass is 408 g/mol. The van der Waals surface area contributed by atoms with Crippen LogP contribution in [0.5, 0.6) is 0 Å². The lowest BCUT2D eigenvalue weighted by molar-refractivity contribution is -0.134. The predicted molar refractivity (Wildman–Crippen MR) is 93.2 cm³/mol. The summed E-state index contributed by atoms with van der Waals surface area (Å²) >= 11 is 3.28. The summed E-state index contributed by atoms with van der Waals surface area (Å²) in [6, 6.07) is 4.69. The molecule has 3 N–H and O–H groups in total. The first kappa shape index (κ1) is 18.9. The van der Waals surface area contributed by atoms with Crippen molar-refractivity contribution in [1.29, 1.82) is 5.26 Å². The summed E-state index contributed by atoms with van der Waals surface area (Å²) < 4.78 is 0.626. The van der Waals surface area contributed by atoms with Crippen molar-refractivity contribution in [2.24, 2.45) is 5.92 Å². The minimum absolute atomic E-state index is 0.558. The topological polar surface area (TPSA) is 127 Å². The van der Waals surface area contributed by atoms with E-state index >= 15 is 0 Å². The molecule has 2 fully saturated rings. The number of carboxylic acids is 2. The minimum Gasteiger partial charge on any atom is -0.478 e. The molecule has 0 aromatic carbocycles. The third-order valence-electron chi connectivity index (χ3n) is 4.04. The molecule has 132 valence electrons. The van der Waals surface area contributed by atoms with Crippen LogP contribution < -0.4 is 10.2 Å². The summed E-state index contributed by atoms with van der Waals surface area (Å²) in [6.07, 6.45) is 4.22. The molecule has 1 aromatic heterocycles. The first-order chi connectivity index (χ1) is 11.9. The number of hydrogen-bond acceptors (Lipinski definition) is 6. The molecule has 8 nitrogen and oxygen atoms in total. The molecule has 0 radical (unpaired) electrons. The van der Waals surface area contributed by atoms with Crippen LogP contribution in [0.3, 0.4) is 0 Å². The maximum absolute atomic E-state index is 9.55. The number of carbonyl (C=O) groups is 2. The standard InChI is InChI=1S/C12H13BrN4.C4H4O4/c13-12-9(4-14)3-10(5-16-12)17-6-8-1-2-15-11(8)7-17;5-3(6)1-2-4(7)8/h3,5,8,11,15H,1-2,6-7H2;1-2H,(H,5,6)(H,7,8)/t8-,11+;/m1./s1. The average molecular weight is 409 g/mol. The first-order valence-corrected chi connectivity index (χ1v) is 8.38. The smallest absolute Gasteiger partial charge is 0.328 e. The van der Waals surface area contributed by atoms with Crippen molar-refractivity contribution in [2.75, 3.05) is 24.5 Å². The van der Waals surface area contributed by atoms with E-state index < -0.39 is 11.9 Å². The number of aliphatic carboxylic acids is 2. The van der Waals surface area contributed by atoms with Crippen molar-refractivity contribution in [3.05, 3.63) is 34.6 Å². The summed E-state index contributed by atoms with van der Waals surface area (Å²) in [7, 11) is 0. The third kappa shape index (κ3) is 5.27. The van der Waals surface area contributed by atoms with Gasteiger partial charge < -0.3 is 20.4 Å². The molecule has 0 unspecified atom stereocenters. The largest absolute Gasteiger partial charge is 0.478 e. The molecule has 9 heteroatoms. The van der Waals surface area contributed by atoms with Crippen molar-refractivity contribution < 1.29 is 19.8 Å². The molecule has 1 aromatic rings. The maximum Gasteiger partial charge on any atom is 0.328 e. The number of carboxylic acid groups (broad SMARTS) is 2. The number of nitrogens with zero attached hydrogens (tertiary/aromatic N) is 3. The molecular weight excluding hydrogens is 392 g/mol. The Morgan fingerprint density at radius 1 is 1.36 bits per heavy atom. The molecule has 3 heterocycles. The number of fused-ring (bicyclic) bond motifs is 1. The predicted octanol–water partition coefficient (Wildman–Crippen LogP) is 1.23. The van der Waals surface area contributed by atoms with Gasteiger partial charge >= 0.3 is 11.9 Å². The summed E-state index contributed by atoms with van der Waals surface area (Å²) in [5.41, 5.74) is 1.66. The Hall–Kier alpha value is -2.44. The molecule has 2 atom stereocenters. The van der Waals surface area contributed by atoms with Gasteiger partial charge in [0.1, 0.15) is 10.7 Å². The molecule has 2 aliphatic heterocycles. The van der Waals surface area contributed by atoms with Gasteiger partial charge in [-0.25, -0.2) is 14.6 Å². The maximum atomic E-state index is 9.55. The van der Waals surface area contributed by atoms with E-state index in [9.17, 15) is 9.59 Å². The lowest BCUT2D eigenvalue weighted by Gasteiger charge is -2.19. The number of pyridine rings is 1. The van der Waals surface area contributed by atoms with E-state index in [1.54, 1.807) is 0 Å². The van der Waals surface area contributed by atoms with Crippen LogP contribution in [0, 0.1) is 17.2 Å². The Bertz CT molecular complexity index is 703. The van der Waals surface area contributed by atoms with Gasteiger partial charge in [-0.15, -0.1) is 0 Å². The Morgan fingerprint density at radius 3 is 2.60 bits per heavy atom. The van der Waals surface area contributed by atoms with Crippen LogP contribution in [0.1, 0.15) is 12.0 Å². The lowest BCUT2D eigenvalue weighted by atomic mass is 10.1. The summed E-state index contributed by atoms with van der Waals surface area (Å²) in [5, 5.41) is 28.1. The fraction of sp³-hybridized carbons (Fsp3) is 0.375. The van der Waals surface area contributed by atoms with E-state index in [0.29, 0.717) is 28.4 Å². The molecule has 0 aliphatic carbocycles. The van der Waals surface area contributed by atoms with Gasteiger partial charge in [0.2, 0.25) is 0 Å². The Balaban J connectivity index is 0.000000242. The second kappa shape index (κ2) is 8.60. The van der Waals surface area contributed by atoms with E-state index in [4.69, 9.17) is 15.5 Å². The number of anilines is 1.